The van der Waals surface area contributed by atoms with E-state index < -0.39 is 0 Å². The molecule has 0 saturated heterocycles. The SMILES string of the molecule is Cc1cc(Br)ccc1N1CCNCc2ccccc2C1. The largest absolute Gasteiger partial charge is 0.366 e. The molecule has 0 fully saturated rings. The molecular formula is C17H19BrN2. The number of hydrogen-bond donors (Lipinski definition) is 1. The summed E-state index contributed by atoms with van der Waals surface area (Å²) >= 11 is 3.54. The van der Waals surface area contributed by atoms with Crippen LogP contribution in [0.5, 0.6) is 0 Å². The minimum Gasteiger partial charge on any atom is -0.366 e. The third-order valence-corrected chi connectivity index (χ3v) is 4.35. The Balaban J connectivity index is 1.94. The fraction of sp³-hybridized carbons (Fsp3) is 0.294. The molecule has 0 bridgehead atoms. The summed E-state index contributed by atoms with van der Waals surface area (Å²) in [5, 5.41) is 3.52. The van der Waals surface area contributed by atoms with Crippen LogP contribution in [0.3, 0.4) is 0 Å². The Morgan fingerprint density at radius 1 is 1.10 bits per heavy atom. The molecule has 104 valence electrons. The Kier molecular flexibility index (Phi) is 4.08. The maximum atomic E-state index is 3.54. The van der Waals surface area contributed by atoms with E-state index in [1.807, 2.05) is 0 Å². The van der Waals surface area contributed by atoms with Gasteiger partial charge >= 0.3 is 0 Å². The summed E-state index contributed by atoms with van der Waals surface area (Å²) in [5.41, 5.74) is 5.47. The first-order valence-corrected chi connectivity index (χ1v) is 7.82. The molecular weight excluding hydrogens is 312 g/mol. The van der Waals surface area contributed by atoms with Crippen molar-refractivity contribution in [3.63, 3.8) is 0 Å². The average Bonchev–Trinajstić information content (AvgIpc) is 2.40. The van der Waals surface area contributed by atoms with Gasteiger partial charge in [0, 0.05) is 36.3 Å². The molecule has 1 aliphatic heterocycles. The first kappa shape index (κ1) is 13.7. The summed E-state index contributed by atoms with van der Waals surface area (Å²) in [6.45, 7) is 6.20. The normalized spacial score (nSPS) is 15.4. The lowest BCUT2D eigenvalue weighted by molar-refractivity contribution is 0.630. The lowest BCUT2D eigenvalue weighted by Gasteiger charge is -2.30. The van der Waals surface area contributed by atoms with Gasteiger partial charge in [-0.15, -0.1) is 0 Å². The molecule has 2 nitrogen and oxygen atoms in total. The summed E-state index contributed by atoms with van der Waals surface area (Å²) < 4.78 is 1.14. The van der Waals surface area contributed by atoms with Crippen molar-refractivity contribution in [2.75, 3.05) is 18.0 Å². The summed E-state index contributed by atoms with van der Waals surface area (Å²) in [4.78, 5) is 2.47. The van der Waals surface area contributed by atoms with Crippen molar-refractivity contribution < 1.29 is 0 Å². The second kappa shape index (κ2) is 5.98. The maximum absolute atomic E-state index is 3.54. The fourth-order valence-corrected chi connectivity index (χ4v) is 3.26. The first-order chi connectivity index (χ1) is 9.74. The van der Waals surface area contributed by atoms with Gasteiger partial charge in [0.2, 0.25) is 0 Å². The van der Waals surface area contributed by atoms with Crippen molar-refractivity contribution in [1.29, 1.82) is 0 Å². The van der Waals surface area contributed by atoms with Crippen molar-refractivity contribution in [1.82, 2.24) is 5.32 Å². The molecule has 1 aliphatic rings. The van der Waals surface area contributed by atoms with Crippen LogP contribution < -0.4 is 10.2 Å². The standard InChI is InChI=1S/C17H19BrN2/c1-13-10-16(18)6-7-17(13)20-9-8-19-11-14-4-2-3-5-15(14)12-20/h2-7,10,19H,8-9,11-12H2,1H3. The Hall–Kier alpha value is -1.32. The number of benzene rings is 2. The van der Waals surface area contributed by atoms with E-state index in [1.165, 1.54) is 22.4 Å². The Labute approximate surface area is 128 Å². The topological polar surface area (TPSA) is 15.3 Å². The third kappa shape index (κ3) is 2.89. The zero-order valence-electron chi connectivity index (χ0n) is 11.7. The van der Waals surface area contributed by atoms with Crippen LogP contribution in [0.15, 0.2) is 46.9 Å². The van der Waals surface area contributed by atoms with Gasteiger partial charge in [0.15, 0.2) is 0 Å². The number of aryl methyl sites for hydroxylation is 1. The smallest absolute Gasteiger partial charge is 0.0433 e. The second-order valence-corrected chi connectivity index (χ2v) is 6.21. The van der Waals surface area contributed by atoms with Crippen LogP contribution in [0.1, 0.15) is 16.7 Å². The predicted molar refractivity (Wildman–Crippen MR) is 88.1 cm³/mol. The highest BCUT2D eigenvalue weighted by atomic mass is 79.9. The average molecular weight is 331 g/mol. The highest BCUT2D eigenvalue weighted by Crippen LogP contribution is 2.26. The van der Waals surface area contributed by atoms with Gasteiger partial charge in [-0.1, -0.05) is 40.2 Å². The van der Waals surface area contributed by atoms with Gasteiger partial charge in [0.1, 0.15) is 0 Å². The number of anilines is 1. The van der Waals surface area contributed by atoms with E-state index >= 15 is 0 Å². The fourth-order valence-electron chi connectivity index (χ4n) is 2.79. The molecule has 0 radical (unpaired) electrons. The molecule has 2 aromatic carbocycles. The molecule has 0 unspecified atom stereocenters. The molecule has 1 N–H and O–H groups in total. The zero-order valence-corrected chi connectivity index (χ0v) is 13.3. The number of rotatable bonds is 1. The predicted octanol–water partition coefficient (Wildman–Crippen LogP) is 3.87. The second-order valence-electron chi connectivity index (χ2n) is 5.30. The molecule has 3 rings (SSSR count). The summed E-state index contributed by atoms with van der Waals surface area (Å²) in [5.74, 6) is 0. The van der Waals surface area contributed by atoms with Crippen LogP contribution in [-0.2, 0) is 13.1 Å². The molecule has 0 aromatic heterocycles. The lowest BCUT2D eigenvalue weighted by Crippen LogP contribution is -2.35. The number of nitrogens with zero attached hydrogens (tertiary/aromatic N) is 1. The van der Waals surface area contributed by atoms with E-state index in [4.69, 9.17) is 0 Å². The summed E-state index contributed by atoms with van der Waals surface area (Å²) in [6.07, 6.45) is 0. The van der Waals surface area contributed by atoms with E-state index in [9.17, 15) is 0 Å². The van der Waals surface area contributed by atoms with Crippen LogP contribution >= 0.6 is 15.9 Å². The van der Waals surface area contributed by atoms with Crippen LogP contribution in [0.2, 0.25) is 0 Å². The highest BCUT2D eigenvalue weighted by Gasteiger charge is 2.14. The Morgan fingerprint density at radius 3 is 2.70 bits per heavy atom. The Morgan fingerprint density at radius 2 is 1.90 bits per heavy atom. The van der Waals surface area contributed by atoms with Gasteiger partial charge in [-0.05, 0) is 41.8 Å². The molecule has 0 aliphatic carbocycles. The van der Waals surface area contributed by atoms with Gasteiger partial charge in [-0.3, -0.25) is 0 Å². The van der Waals surface area contributed by atoms with E-state index in [-0.39, 0.29) is 0 Å². The maximum Gasteiger partial charge on any atom is 0.0433 e. The van der Waals surface area contributed by atoms with E-state index in [0.717, 1.165) is 30.7 Å². The van der Waals surface area contributed by atoms with Crippen molar-refractivity contribution in [2.24, 2.45) is 0 Å². The van der Waals surface area contributed by atoms with Gasteiger partial charge in [0.05, 0.1) is 0 Å². The van der Waals surface area contributed by atoms with Crippen molar-refractivity contribution in [3.05, 3.63) is 63.6 Å². The van der Waals surface area contributed by atoms with Gasteiger partial charge in [0.25, 0.3) is 0 Å². The van der Waals surface area contributed by atoms with Crippen LogP contribution in [-0.4, -0.2) is 13.1 Å². The third-order valence-electron chi connectivity index (χ3n) is 3.85. The molecule has 0 atom stereocenters. The van der Waals surface area contributed by atoms with Crippen molar-refractivity contribution in [2.45, 2.75) is 20.0 Å². The van der Waals surface area contributed by atoms with Gasteiger partial charge in [-0.2, -0.15) is 0 Å². The van der Waals surface area contributed by atoms with Gasteiger partial charge < -0.3 is 10.2 Å². The van der Waals surface area contributed by atoms with Crippen molar-refractivity contribution in [3.8, 4) is 0 Å². The summed E-state index contributed by atoms with van der Waals surface area (Å²) in [6, 6.07) is 15.2. The molecule has 3 heteroatoms. The number of fused-ring (bicyclic) bond motifs is 1. The minimum absolute atomic E-state index is 0.976. The van der Waals surface area contributed by atoms with Crippen LogP contribution in [0.25, 0.3) is 0 Å². The van der Waals surface area contributed by atoms with Gasteiger partial charge in [-0.25, -0.2) is 0 Å². The molecule has 0 saturated carbocycles. The molecule has 20 heavy (non-hydrogen) atoms. The molecule has 2 aromatic rings. The van der Waals surface area contributed by atoms with E-state index in [1.54, 1.807) is 0 Å². The Bertz CT molecular complexity index is 610. The van der Waals surface area contributed by atoms with Crippen LogP contribution in [0.4, 0.5) is 5.69 Å². The van der Waals surface area contributed by atoms with Crippen molar-refractivity contribution >= 4 is 21.6 Å². The molecule has 1 heterocycles. The van der Waals surface area contributed by atoms with E-state index in [0.29, 0.717) is 0 Å². The zero-order chi connectivity index (χ0) is 13.9. The van der Waals surface area contributed by atoms with E-state index in [2.05, 4.69) is 75.5 Å². The quantitative estimate of drug-likeness (QED) is 0.853. The molecule has 0 amide bonds. The number of hydrogen-bond acceptors (Lipinski definition) is 2. The van der Waals surface area contributed by atoms with Crippen LogP contribution in [0, 0.1) is 6.92 Å². The molecule has 0 spiro atoms. The number of nitrogens with one attached hydrogen (secondary N) is 1. The summed E-state index contributed by atoms with van der Waals surface area (Å²) in [7, 11) is 0. The monoisotopic (exact) mass is 330 g/mol. The highest BCUT2D eigenvalue weighted by molar-refractivity contribution is 9.10. The number of halogens is 1. The first-order valence-electron chi connectivity index (χ1n) is 7.02. The minimum atomic E-state index is 0.976. The lowest BCUT2D eigenvalue weighted by atomic mass is 10.0.